The minimum Gasteiger partial charge on any atom is -0.497 e. The van der Waals surface area contributed by atoms with Crippen LogP contribution in [-0.2, 0) is 0 Å². The Morgan fingerprint density at radius 1 is 0.867 bits per heavy atom. The number of nitrogens with zero attached hydrogens (tertiary/aromatic N) is 2. The number of methoxy groups -OCH3 is 2. The summed E-state index contributed by atoms with van der Waals surface area (Å²) in [5, 5.41) is 0.701. The maximum atomic E-state index is 5.29. The largest absolute Gasteiger partial charge is 0.497 e. The van der Waals surface area contributed by atoms with Gasteiger partial charge in [0.05, 0.1) is 24.8 Å². The summed E-state index contributed by atoms with van der Waals surface area (Å²) in [4.78, 5) is 10.5. The van der Waals surface area contributed by atoms with E-state index in [1.165, 1.54) is 0 Å². The van der Waals surface area contributed by atoms with Crippen molar-refractivity contribution in [2.45, 2.75) is 0 Å². The maximum absolute atomic E-state index is 5.29. The molecule has 150 valence electrons. The van der Waals surface area contributed by atoms with Gasteiger partial charge in [0.25, 0.3) is 0 Å². The molecule has 0 bridgehead atoms. The second-order valence-corrected chi connectivity index (χ2v) is 8.34. The Labute approximate surface area is 188 Å². The molecular weight excluding hydrogens is 460 g/mol. The molecule has 0 aliphatic carbocycles. The second kappa shape index (κ2) is 9.24. The molecule has 0 unspecified atom stereocenters. The molecule has 0 radical (unpaired) electrons. The fraction of sp³-hybridized carbons (Fsp3) is 0.0833. The minimum absolute atomic E-state index is 0.701. The van der Waals surface area contributed by atoms with Crippen LogP contribution in [0, 0.1) is 0 Å². The number of benzene rings is 3. The highest BCUT2D eigenvalue weighted by Crippen LogP contribution is 2.40. The molecule has 4 aromatic rings. The Hall–Kier alpha value is -2.96. The molecule has 0 aliphatic heterocycles. The van der Waals surface area contributed by atoms with Crippen LogP contribution in [0.5, 0.6) is 11.5 Å². The van der Waals surface area contributed by atoms with Gasteiger partial charge < -0.3 is 9.47 Å². The SMILES string of the molecule is COc1ccc(-c2nc(N=Cc3cccc(Br)c3)sc2-c2ccc(OC)cc2)cc1. The normalized spacial score (nSPS) is 11.0. The third kappa shape index (κ3) is 4.61. The van der Waals surface area contributed by atoms with Crippen molar-refractivity contribution in [3.05, 3.63) is 82.8 Å². The molecular formula is C24H19BrN2O2S. The summed E-state index contributed by atoms with van der Waals surface area (Å²) in [6.45, 7) is 0. The van der Waals surface area contributed by atoms with Gasteiger partial charge in [-0.15, -0.1) is 0 Å². The number of thiazole rings is 1. The Morgan fingerprint density at radius 3 is 2.10 bits per heavy atom. The topological polar surface area (TPSA) is 43.7 Å². The van der Waals surface area contributed by atoms with Gasteiger partial charge in [-0.3, -0.25) is 0 Å². The van der Waals surface area contributed by atoms with Crippen LogP contribution in [0.4, 0.5) is 5.13 Å². The van der Waals surface area contributed by atoms with E-state index in [0.29, 0.717) is 5.13 Å². The zero-order valence-electron chi connectivity index (χ0n) is 16.5. The van der Waals surface area contributed by atoms with Crippen molar-refractivity contribution >= 4 is 38.6 Å². The van der Waals surface area contributed by atoms with E-state index in [-0.39, 0.29) is 0 Å². The van der Waals surface area contributed by atoms with Gasteiger partial charge >= 0.3 is 0 Å². The predicted octanol–water partition coefficient (Wildman–Crippen LogP) is 7.01. The number of halogens is 1. The van der Waals surface area contributed by atoms with Crippen LogP contribution in [0.1, 0.15) is 5.56 Å². The molecule has 1 heterocycles. The summed E-state index contributed by atoms with van der Waals surface area (Å²) in [6.07, 6.45) is 1.83. The molecule has 6 heteroatoms. The molecule has 1 aromatic heterocycles. The highest BCUT2D eigenvalue weighted by atomic mass is 79.9. The molecule has 4 nitrogen and oxygen atoms in total. The second-order valence-electron chi connectivity index (χ2n) is 6.44. The lowest BCUT2D eigenvalue weighted by Crippen LogP contribution is -1.86. The van der Waals surface area contributed by atoms with Crippen molar-refractivity contribution in [3.63, 3.8) is 0 Å². The standard InChI is InChI=1S/C24H19BrN2O2S/c1-28-20-10-6-17(7-11-20)22-23(18-8-12-21(29-2)13-9-18)30-24(27-22)26-15-16-4-3-5-19(25)14-16/h3-15H,1-2H3. The van der Waals surface area contributed by atoms with Gasteiger partial charge in [0, 0.05) is 16.3 Å². The minimum atomic E-state index is 0.701. The molecule has 0 amide bonds. The maximum Gasteiger partial charge on any atom is 0.210 e. The smallest absolute Gasteiger partial charge is 0.210 e. The van der Waals surface area contributed by atoms with Crippen molar-refractivity contribution in [3.8, 4) is 33.2 Å². The zero-order valence-corrected chi connectivity index (χ0v) is 18.9. The average molecular weight is 479 g/mol. The van der Waals surface area contributed by atoms with Gasteiger partial charge in [0.1, 0.15) is 11.5 Å². The summed E-state index contributed by atoms with van der Waals surface area (Å²) in [5.41, 5.74) is 4.00. The van der Waals surface area contributed by atoms with E-state index in [1.54, 1.807) is 25.6 Å². The number of ether oxygens (including phenoxy) is 2. The molecule has 0 spiro atoms. The van der Waals surface area contributed by atoms with Gasteiger partial charge in [-0.25, -0.2) is 9.98 Å². The van der Waals surface area contributed by atoms with Gasteiger partial charge in [-0.05, 0) is 71.8 Å². The van der Waals surface area contributed by atoms with Gasteiger partial charge in [0.15, 0.2) is 0 Å². The predicted molar refractivity (Wildman–Crippen MR) is 127 cm³/mol. The van der Waals surface area contributed by atoms with Crippen LogP contribution in [0.3, 0.4) is 0 Å². The highest BCUT2D eigenvalue weighted by Gasteiger charge is 2.15. The van der Waals surface area contributed by atoms with Crippen molar-refractivity contribution in [2.75, 3.05) is 14.2 Å². The average Bonchev–Trinajstić information content (AvgIpc) is 3.22. The van der Waals surface area contributed by atoms with Gasteiger partial charge in [0.2, 0.25) is 5.13 Å². The lowest BCUT2D eigenvalue weighted by Gasteiger charge is -2.05. The first-order chi connectivity index (χ1) is 14.7. The van der Waals surface area contributed by atoms with Crippen molar-refractivity contribution < 1.29 is 9.47 Å². The molecule has 30 heavy (non-hydrogen) atoms. The van der Waals surface area contributed by atoms with Gasteiger partial charge in [-0.1, -0.05) is 39.4 Å². The van der Waals surface area contributed by atoms with Crippen LogP contribution in [0.2, 0.25) is 0 Å². The van der Waals surface area contributed by atoms with Crippen molar-refractivity contribution in [1.82, 2.24) is 4.98 Å². The summed E-state index contributed by atoms with van der Waals surface area (Å²) >= 11 is 5.06. The Kier molecular flexibility index (Phi) is 6.26. The number of rotatable bonds is 6. The first-order valence-corrected chi connectivity index (χ1v) is 10.9. The number of hydrogen-bond donors (Lipinski definition) is 0. The van der Waals surface area contributed by atoms with E-state index < -0.39 is 0 Å². The van der Waals surface area contributed by atoms with E-state index in [0.717, 1.165) is 43.2 Å². The van der Waals surface area contributed by atoms with Crippen molar-refractivity contribution in [2.24, 2.45) is 4.99 Å². The third-order valence-corrected chi connectivity index (χ3v) is 6.01. The van der Waals surface area contributed by atoms with Crippen LogP contribution >= 0.6 is 27.3 Å². The molecule has 0 aliphatic rings. The van der Waals surface area contributed by atoms with E-state index in [1.807, 2.05) is 79.0 Å². The monoisotopic (exact) mass is 478 g/mol. The number of hydrogen-bond acceptors (Lipinski definition) is 5. The summed E-state index contributed by atoms with van der Waals surface area (Å²) < 4.78 is 11.6. The van der Waals surface area contributed by atoms with Crippen LogP contribution in [0.25, 0.3) is 21.7 Å². The zero-order chi connectivity index (χ0) is 20.9. The van der Waals surface area contributed by atoms with E-state index >= 15 is 0 Å². The molecule has 3 aromatic carbocycles. The Balaban J connectivity index is 1.75. The molecule has 0 fully saturated rings. The van der Waals surface area contributed by atoms with Crippen LogP contribution < -0.4 is 9.47 Å². The molecule has 0 saturated heterocycles. The molecule has 0 N–H and O–H groups in total. The molecule has 0 saturated carbocycles. The van der Waals surface area contributed by atoms with E-state index in [2.05, 4.69) is 20.9 Å². The van der Waals surface area contributed by atoms with Crippen LogP contribution in [0.15, 0.2) is 82.3 Å². The third-order valence-electron chi connectivity index (χ3n) is 4.50. The summed E-state index contributed by atoms with van der Waals surface area (Å²) in [6, 6.07) is 23.9. The summed E-state index contributed by atoms with van der Waals surface area (Å²) in [7, 11) is 3.33. The fourth-order valence-corrected chi connectivity index (χ4v) is 4.32. The first-order valence-electron chi connectivity index (χ1n) is 9.25. The first kappa shape index (κ1) is 20.3. The van der Waals surface area contributed by atoms with Crippen molar-refractivity contribution in [1.29, 1.82) is 0 Å². The summed E-state index contributed by atoms with van der Waals surface area (Å²) in [5.74, 6) is 1.63. The van der Waals surface area contributed by atoms with Gasteiger partial charge in [-0.2, -0.15) is 0 Å². The molecule has 4 rings (SSSR count). The number of aliphatic imine (C=N–C) groups is 1. The quantitative estimate of drug-likeness (QED) is 0.280. The fourth-order valence-electron chi connectivity index (χ4n) is 2.96. The van der Waals surface area contributed by atoms with Crippen LogP contribution in [-0.4, -0.2) is 25.4 Å². The van der Waals surface area contributed by atoms with E-state index in [9.17, 15) is 0 Å². The Morgan fingerprint density at radius 2 is 1.50 bits per heavy atom. The Bertz CT molecular complexity index is 1100. The molecule has 0 atom stereocenters. The highest BCUT2D eigenvalue weighted by molar-refractivity contribution is 9.10. The van der Waals surface area contributed by atoms with E-state index in [4.69, 9.17) is 14.5 Å². The lowest BCUT2D eigenvalue weighted by molar-refractivity contribution is 0.414. The lowest BCUT2D eigenvalue weighted by atomic mass is 10.1. The number of aromatic nitrogens is 1.